The Morgan fingerprint density at radius 3 is 2.70 bits per heavy atom. The molecule has 1 N–H and O–H groups in total. The summed E-state index contributed by atoms with van der Waals surface area (Å²) in [4.78, 5) is 2.56. The molecule has 1 aromatic carbocycles. The Hall–Kier alpha value is -0.380. The number of aryl methyl sites for hydroxylation is 1. The van der Waals surface area contributed by atoms with Crippen LogP contribution in [0.3, 0.4) is 0 Å². The molecular formula is C17H25BrN2. The zero-order valence-corrected chi connectivity index (χ0v) is 14.0. The van der Waals surface area contributed by atoms with E-state index in [9.17, 15) is 0 Å². The van der Waals surface area contributed by atoms with Crippen LogP contribution < -0.4 is 5.32 Å². The molecule has 2 aliphatic rings. The molecular weight excluding hydrogens is 312 g/mol. The third-order valence-corrected chi connectivity index (χ3v) is 5.40. The summed E-state index contributed by atoms with van der Waals surface area (Å²) < 4.78 is 1.22. The van der Waals surface area contributed by atoms with E-state index in [0.29, 0.717) is 6.04 Å². The summed E-state index contributed by atoms with van der Waals surface area (Å²) in [5.41, 5.74) is 3.08. The van der Waals surface area contributed by atoms with Gasteiger partial charge in [0.05, 0.1) is 0 Å². The van der Waals surface area contributed by atoms with Gasteiger partial charge in [0.1, 0.15) is 0 Å². The Balaban J connectivity index is 1.54. The highest BCUT2D eigenvalue weighted by Gasteiger charge is 2.24. The zero-order chi connectivity index (χ0) is 13.9. The van der Waals surface area contributed by atoms with E-state index in [1.165, 1.54) is 56.2 Å². The van der Waals surface area contributed by atoms with Gasteiger partial charge in [0.25, 0.3) is 0 Å². The molecule has 1 aliphatic heterocycles. The summed E-state index contributed by atoms with van der Waals surface area (Å²) in [5, 5.41) is 3.92. The predicted octanol–water partition coefficient (Wildman–Crippen LogP) is 3.38. The molecule has 3 heteroatoms. The van der Waals surface area contributed by atoms with Crippen molar-refractivity contribution >= 4 is 15.9 Å². The largest absolute Gasteiger partial charge is 0.311 e. The van der Waals surface area contributed by atoms with E-state index < -0.39 is 0 Å². The van der Waals surface area contributed by atoms with E-state index in [1.54, 1.807) is 11.1 Å². The van der Waals surface area contributed by atoms with E-state index in [-0.39, 0.29) is 0 Å². The van der Waals surface area contributed by atoms with Gasteiger partial charge in [0.15, 0.2) is 0 Å². The average Bonchev–Trinajstić information content (AvgIpc) is 2.48. The summed E-state index contributed by atoms with van der Waals surface area (Å²) in [6.07, 6.45) is 6.35. The molecule has 1 fully saturated rings. The van der Waals surface area contributed by atoms with Crippen LogP contribution in [0.15, 0.2) is 22.7 Å². The Morgan fingerprint density at radius 1 is 1.15 bits per heavy atom. The van der Waals surface area contributed by atoms with Crippen molar-refractivity contribution in [2.24, 2.45) is 0 Å². The molecule has 0 aromatic heterocycles. The smallest absolute Gasteiger partial charge is 0.0178 e. The molecule has 3 rings (SSSR count). The molecule has 0 amide bonds. The van der Waals surface area contributed by atoms with Crippen molar-refractivity contribution in [3.63, 3.8) is 0 Å². The van der Waals surface area contributed by atoms with Gasteiger partial charge >= 0.3 is 0 Å². The Bertz CT molecular complexity index is 452. The fourth-order valence-corrected chi connectivity index (χ4v) is 4.02. The first-order valence-electron chi connectivity index (χ1n) is 8.00. The maximum absolute atomic E-state index is 3.92. The fraction of sp³-hybridized carbons (Fsp3) is 0.647. The molecule has 0 radical (unpaired) electrons. The van der Waals surface area contributed by atoms with Crippen molar-refractivity contribution in [2.75, 3.05) is 19.6 Å². The second kappa shape index (κ2) is 6.59. The quantitative estimate of drug-likeness (QED) is 0.910. The minimum Gasteiger partial charge on any atom is -0.311 e. The molecule has 1 unspecified atom stereocenters. The number of halogens is 1. The summed E-state index contributed by atoms with van der Waals surface area (Å²) in [5.74, 6) is 0. The van der Waals surface area contributed by atoms with Gasteiger partial charge in [-0.1, -0.05) is 28.9 Å². The van der Waals surface area contributed by atoms with Crippen LogP contribution in [0, 0.1) is 0 Å². The van der Waals surface area contributed by atoms with Gasteiger partial charge in [-0.15, -0.1) is 0 Å². The summed E-state index contributed by atoms with van der Waals surface area (Å²) in [6, 6.07) is 8.20. The first-order valence-corrected chi connectivity index (χ1v) is 8.79. The van der Waals surface area contributed by atoms with E-state index >= 15 is 0 Å². The summed E-state index contributed by atoms with van der Waals surface area (Å²) >= 11 is 3.58. The number of piperidine rings is 1. The molecule has 0 bridgehead atoms. The second-order valence-electron chi connectivity index (χ2n) is 6.23. The van der Waals surface area contributed by atoms with Crippen LogP contribution in [0.1, 0.15) is 37.3 Å². The van der Waals surface area contributed by atoms with Crippen molar-refractivity contribution in [1.29, 1.82) is 0 Å². The number of nitrogens with one attached hydrogen (secondary N) is 1. The van der Waals surface area contributed by atoms with Crippen molar-refractivity contribution in [2.45, 2.75) is 51.1 Å². The molecule has 0 saturated carbocycles. The predicted molar refractivity (Wildman–Crippen MR) is 88.2 cm³/mol. The van der Waals surface area contributed by atoms with Crippen LogP contribution in [-0.4, -0.2) is 36.6 Å². The third kappa shape index (κ3) is 3.44. The number of likely N-dealkylation sites (tertiary alicyclic amines) is 1. The minimum absolute atomic E-state index is 0.682. The SMILES string of the molecule is CCN1CCC(NC2CCc3cc(Br)ccc3C2)CC1. The Labute approximate surface area is 131 Å². The van der Waals surface area contributed by atoms with Crippen LogP contribution in [0.25, 0.3) is 0 Å². The molecule has 20 heavy (non-hydrogen) atoms. The highest BCUT2D eigenvalue weighted by atomic mass is 79.9. The van der Waals surface area contributed by atoms with Crippen molar-refractivity contribution in [1.82, 2.24) is 10.2 Å². The standard InChI is InChI=1S/C17H25BrN2/c1-2-20-9-7-16(8-10-20)19-17-6-4-13-11-15(18)5-3-14(13)12-17/h3,5,11,16-17,19H,2,4,6-10,12H2,1H3. The highest BCUT2D eigenvalue weighted by molar-refractivity contribution is 9.10. The number of hydrogen-bond acceptors (Lipinski definition) is 2. The maximum atomic E-state index is 3.92. The number of benzene rings is 1. The van der Waals surface area contributed by atoms with Crippen molar-refractivity contribution in [3.8, 4) is 0 Å². The van der Waals surface area contributed by atoms with Crippen LogP contribution >= 0.6 is 15.9 Å². The lowest BCUT2D eigenvalue weighted by atomic mass is 9.87. The summed E-state index contributed by atoms with van der Waals surface area (Å²) in [6.45, 7) is 6.01. The molecule has 0 spiro atoms. The lowest BCUT2D eigenvalue weighted by Gasteiger charge is -2.35. The molecule has 1 saturated heterocycles. The average molecular weight is 337 g/mol. The lowest BCUT2D eigenvalue weighted by molar-refractivity contribution is 0.196. The molecule has 2 nitrogen and oxygen atoms in total. The number of nitrogens with zero attached hydrogens (tertiary/aromatic N) is 1. The first kappa shape index (κ1) is 14.6. The molecule has 1 atom stereocenters. The van der Waals surface area contributed by atoms with Gasteiger partial charge in [-0.25, -0.2) is 0 Å². The summed E-state index contributed by atoms with van der Waals surface area (Å²) in [7, 11) is 0. The van der Waals surface area contributed by atoms with E-state index in [0.717, 1.165) is 6.04 Å². The highest BCUT2D eigenvalue weighted by Crippen LogP contribution is 2.25. The molecule has 110 valence electrons. The van der Waals surface area contributed by atoms with Gasteiger partial charge in [-0.05, 0) is 75.0 Å². The first-order chi connectivity index (χ1) is 9.74. The van der Waals surface area contributed by atoms with E-state index in [4.69, 9.17) is 0 Å². The van der Waals surface area contributed by atoms with Gasteiger partial charge < -0.3 is 10.2 Å². The Kier molecular flexibility index (Phi) is 4.79. The van der Waals surface area contributed by atoms with Gasteiger partial charge in [0.2, 0.25) is 0 Å². The zero-order valence-electron chi connectivity index (χ0n) is 12.4. The van der Waals surface area contributed by atoms with Crippen LogP contribution in [0.2, 0.25) is 0 Å². The van der Waals surface area contributed by atoms with Gasteiger partial charge in [-0.2, -0.15) is 0 Å². The fourth-order valence-electron chi connectivity index (χ4n) is 3.62. The van der Waals surface area contributed by atoms with Gasteiger partial charge in [-0.3, -0.25) is 0 Å². The second-order valence-corrected chi connectivity index (χ2v) is 7.14. The normalized spacial score (nSPS) is 24.6. The lowest BCUT2D eigenvalue weighted by Crippen LogP contribution is -2.47. The van der Waals surface area contributed by atoms with Crippen molar-refractivity contribution in [3.05, 3.63) is 33.8 Å². The van der Waals surface area contributed by atoms with Gasteiger partial charge in [0, 0.05) is 16.6 Å². The molecule has 1 heterocycles. The Morgan fingerprint density at radius 2 is 1.95 bits per heavy atom. The van der Waals surface area contributed by atoms with Crippen molar-refractivity contribution < 1.29 is 0 Å². The van der Waals surface area contributed by atoms with E-state index in [2.05, 4.69) is 51.3 Å². The molecule has 1 aromatic rings. The van der Waals surface area contributed by atoms with Crippen LogP contribution in [-0.2, 0) is 12.8 Å². The molecule has 1 aliphatic carbocycles. The topological polar surface area (TPSA) is 15.3 Å². The maximum Gasteiger partial charge on any atom is 0.0178 e. The van der Waals surface area contributed by atoms with Crippen LogP contribution in [0.4, 0.5) is 0 Å². The third-order valence-electron chi connectivity index (χ3n) is 4.90. The minimum atomic E-state index is 0.682. The van der Waals surface area contributed by atoms with Crippen LogP contribution in [0.5, 0.6) is 0 Å². The number of hydrogen-bond donors (Lipinski definition) is 1. The van der Waals surface area contributed by atoms with E-state index in [1.807, 2.05) is 0 Å². The number of rotatable bonds is 3. The monoisotopic (exact) mass is 336 g/mol. The number of fused-ring (bicyclic) bond motifs is 1.